The Morgan fingerprint density at radius 3 is 2.85 bits per heavy atom. The van der Waals surface area contributed by atoms with E-state index < -0.39 is 11.1 Å². The smallest absolute Gasteiger partial charge is 0.206 e. The first kappa shape index (κ1) is 10.3. The van der Waals surface area contributed by atoms with Gasteiger partial charge in [-0.2, -0.15) is 0 Å². The highest BCUT2D eigenvalue weighted by Crippen LogP contribution is 2.13. The van der Waals surface area contributed by atoms with Crippen molar-refractivity contribution in [3.63, 3.8) is 0 Å². The number of rotatable bonds is 4. The zero-order chi connectivity index (χ0) is 9.68. The third-order valence-corrected chi connectivity index (χ3v) is 2.67. The second-order valence-electron chi connectivity index (χ2n) is 2.91. The molecule has 0 radical (unpaired) electrons. The molecule has 0 N–H and O–H groups in total. The Labute approximate surface area is 81.6 Å². The molecule has 0 aliphatic rings. The summed E-state index contributed by atoms with van der Waals surface area (Å²) in [6, 6.07) is 7.58. The van der Waals surface area contributed by atoms with Gasteiger partial charge in [-0.05, 0) is 31.0 Å². The first-order chi connectivity index (χ1) is 6.22. The average Bonchev–Trinajstić information content (AvgIpc) is 2.04. The Morgan fingerprint density at radius 2 is 2.23 bits per heavy atom. The molecule has 1 atom stereocenters. The summed E-state index contributed by atoms with van der Waals surface area (Å²) in [6.07, 6.45) is 0.873. The van der Waals surface area contributed by atoms with Gasteiger partial charge in [-0.15, -0.1) is 0 Å². The maximum Gasteiger partial charge on any atom is 0.206 e. The van der Waals surface area contributed by atoms with Crippen molar-refractivity contribution in [3.8, 4) is 5.75 Å². The van der Waals surface area contributed by atoms with Crippen molar-refractivity contribution in [2.45, 2.75) is 20.3 Å². The SMILES string of the molecule is CCCS(=O)Oc1cccc(C)c1. The van der Waals surface area contributed by atoms with Gasteiger partial charge in [0.1, 0.15) is 5.75 Å². The molecule has 3 heteroatoms. The maximum atomic E-state index is 11.2. The van der Waals surface area contributed by atoms with Gasteiger partial charge in [-0.3, -0.25) is 0 Å². The van der Waals surface area contributed by atoms with Gasteiger partial charge in [-0.25, -0.2) is 4.21 Å². The molecule has 0 aromatic heterocycles. The fourth-order valence-corrected chi connectivity index (χ4v) is 1.72. The van der Waals surface area contributed by atoms with E-state index in [0.29, 0.717) is 11.5 Å². The van der Waals surface area contributed by atoms with Crippen LogP contribution >= 0.6 is 0 Å². The van der Waals surface area contributed by atoms with Crippen molar-refractivity contribution >= 4 is 11.1 Å². The summed E-state index contributed by atoms with van der Waals surface area (Å²) in [5, 5.41) is 0. The van der Waals surface area contributed by atoms with E-state index in [1.54, 1.807) is 0 Å². The first-order valence-electron chi connectivity index (χ1n) is 4.35. The first-order valence-corrected chi connectivity index (χ1v) is 5.60. The number of benzene rings is 1. The lowest BCUT2D eigenvalue weighted by Gasteiger charge is -2.03. The van der Waals surface area contributed by atoms with Crippen molar-refractivity contribution in [2.75, 3.05) is 5.75 Å². The standard InChI is InChI=1S/C10H14O2S/c1-3-7-13(11)12-10-6-4-5-9(2)8-10/h4-6,8H,3,7H2,1-2H3. The van der Waals surface area contributed by atoms with Gasteiger partial charge in [-0.1, -0.05) is 19.1 Å². The Kier molecular flexibility index (Phi) is 3.96. The predicted molar refractivity (Wildman–Crippen MR) is 55.1 cm³/mol. The van der Waals surface area contributed by atoms with E-state index in [-0.39, 0.29) is 0 Å². The minimum Gasteiger partial charge on any atom is -0.401 e. The zero-order valence-electron chi connectivity index (χ0n) is 7.95. The minimum atomic E-state index is -1.18. The molecular formula is C10H14O2S. The highest BCUT2D eigenvalue weighted by molar-refractivity contribution is 7.80. The second kappa shape index (κ2) is 5.02. The summed E-state index contributed by atoms with van der Waals surface area (Å²) < 4.78 is 16.4. The Hall–Kier alpha value is -0.830. The molecular weight excluding hydrogens is 184 g/mol. The molecule has 0 aliphatic heterocycles. The van der Waals surface area contributed by atoms with Gasteiger partial charge < -0.3 is 4.18 Å². The van der Waals surface area contributed by atoms with Gasteiger partial charge in [0.15, 0.2) is 0 Å². The van der Waals surface area contributed by atoms with E-state index in [2.05, 4.69) is 0 Å². The zero-order valence-corrected chi connectivity index (χ0v) is 8.76. The maximum absolute atomic E-state index is 11.2. The van der Waals surface area contributed by atoms with Crippen LogP contribution in [-0.4, -0.2) is 9.96 Å². The van der Waals surface area contributed by atoms with Gasteiger partial charge in [0.05, 0.1) is 5.75 Å². The van der Waals surface area contributed by atoms with Crippen molar-refractivity contribution in [2.24, 2.45) is 0 Å². The molecule has 0 spiro atoms. The Balaban J connectivity index is 2.58. The van der Waals surface area contributed by atoms with Crippen LogP contribution in [0.1, 0.15) is 18.9 Å². The summed E-state index contributed by atoms with van der Waals surface area (Å²) in [4.78, 5) is 0. The topological polar surface area (TPSA) is 26.3 Å². The van der Waals surface area contributed by atoms with Gasteiger partial charge in [0.2, 0.25) is 11.1 Å². The molecule has 1 aromatic carbocycles. The molecule has 1 rings (SSSR count). The summed E-state index contributed by atoms with van der Waals surface area (Å²) in [5.74, 6) is 1.28. The largest absolute Gasteiger partial charge is 0.401 e. The summed E-state index contributed by atoms with van der Waals surface area (Å²) in [5.41, 5.74) is 1.12. The fourth-order valence-electron chi connectivity index (χ4n) is 0.983. The van der Waals surface area contributed by atoms with Crippen LogP contribution in [0.3, 0.4) is 0 Å². The van der Waals surface area contributed by atoms with Crippen molar-refractivity contribution in [3.05, 3.63) is 29.8 Å². The van der Waals surface area contributed by atoms with Crippen LogP contribution < -0.4 is 4.18 Å². The molecule has 0 saturated heterocycles. The van der Waals surface area contributed by atoms with Crippen LogP contribution in [0.2, 0.25) is 0 Å². The van der Waals surface area contributed by atoms with E-state index in [0.717, 1.165) is 12.0 Å². The van der Waals surface area contributed by atoms with Gasteiger partial charge in [0, 0.05) is 0 Å². The highest BCUT2D eigenvalue weighted by Gasteiger charge is 2.00. The van der Waals surface area contributed by atoms with Crippen LogP contribution in [0.25, 0.3) is 0 Å². The predicted octanol–water partition coefficient (Wildman–Crippen LogP) is 2.45. The van der Waals surface area contributed by atoms with E-state index in [1.807, 2.05) is 38.1 Å². The Morgan fingerprint density at radius 1 is 1.46 bits per heavy atom. The van der Waals surface area contributed by atoms with E-state index in [4.69, 9.17) is 4.18 Å². The van der Waals surface area contributed by atoms with E-state index in [1.165, 1.54) is 0 Å². The number of aryl methyl sites for hydroxylation is 1. The van der Waals surface area contributed by atoms with Gasteiger partial charge in [0.25, 0.3) is 0 Å². The lowest BCUT2D eigenvalue weighted by Crippen LogP contribution is -2.04. The third kappa shape index (κ3) is 3.59. The second-order valence-corrected chi connectivity index (χ2v) is 4.09. The lowest BCUT2D eigenvalue weighted by molar-refractivity contribution is 0.560. The van der Waals surface area contributed by atoms with Crippen LogP contribution in [0.4, 0.5) is 0 Å². The molecule has 1 aromatic rings. The molecule has 0 heterocycles. The highest BCUT2D eigenvalue weighted by atomic mass is 32.2. The molecule has 0 bridgehead atoms. The molecule has 13 heavy (non-hydrogen) atoms. The monoisotopic (exact) mass is 198 g/mol. The van der Waals surface area contributed by atoms with Gasteiger partial charge >= 0.3 is 0 Å². The number of hydrogen-bond acceptors (Lipinski definition) is 2. The molecule has 1 unspecified atom stereocenters. The average molecular weight is 198 g/mol. The van der Waals surface area contributed by atoms with Crippen molar-refractivity contribution in [1.29, 1.82) is 0 Å². The minimum absolute atomic E-state index is 0.591. The lowest BCUT2D eigenvalue weighted by atomic mass is 10.2. The van der Waals surface area contributed by atoms with Crippen LogP contribution in [0.5, 0.6) is 5.75 Å². The summed E-state index contributed by atoms with van der Waals surface area (Å²) in [6.45, 7) is 3.97. The van der Waals surface area contributed by atoms with Crippen LogP contribution in [-0.2, 0) is 11.1 Å². The molecule has 72 valence electrons. The molecule has 0 amide bonds. The van der Waals surface area contributed by atoms with Crippen LogP contribution in [0.15, 0.2) is 24.3 Å². The molecule has 0 aliphatic carbocycles. The molecule has 2 nitrogen and oxygen atoms in total. The van der Waals surface area contributed by atoms with E-state index in [9.17, 15) is 4.21 Å². The van der Waals surface area contributed by atoms with E-state index >= 15 is 0 Å². The number of hydrogen-bond donors (Lipinski definition) is 0. The summed E-state index contributed by atoms with van der Waals surface area (Å²) >= 11 is -1.18. The summed E-state index contributed by atoms with van der Waals surface area (Å²) in [7, 11) is 0. The van der Waals surface area contributed by atoms with Crippen LogP contribution in [0, 0.1) is 6.92 Å². The molecule has 0 saturated carbocycles. The third-order valence-electron chi connectivity index (χ3n) is 1.55. The molecule has 0 fully saturated rings. The normalized spacial score (nSPS) is 12.5. The fraction of sp³-hybridized carbons (Fsp3) is 0.400. The quantitative estimate of drug-likeness (QED) is 0.742. The van der Waals surface area contributed by atoms with Crippen molar-refractivity contribution in [1.82, 2.24) is 0 Å². The van der Waals surface area contributed by atoms with Crippen molar-refractivity contribution < 1.29 is 8.39 Å². The Bertz CT molecular complexity index is 297.